The number of thiocarbonyl (C=S) groups is 1. The lowest BCUT2D eigenvalue weighted by molar-refractivity contribution is 0.474. The first-order chi connectivity index (χ1) is 10.7. The molecule has 2 heterocycles. The van der Waals surface area contributed by atoms with Crippen LogP contribution in [-0.2, 0) is 16.4 Å². The van der Waals surface area contributed by atoms with Gasteiger partial charge in [0.1, 0.15) is 0 Å². The molecule has 2 rings (SSSR count). The van der Waals surface area contributed by atoms with Gasteiger partial charge in [-0.1, -0.05) is 6.92 Å². The molecule has 1 fully saturated rings. The van der Waals surface area contributed by atoms with Crippen LogP contribution in [0.25, 0.3) is 0 Å². The summed E-state index contributed by atoms with van der Waals surface area (Å²) in [6, 6.07) is -0.0390. The molecule has 23 heavy (non-hydrogen) atoms. The summed E-state index contributed by atoms with van der Waals surface area (Å²) >= 11 is 5.38. The maximum atomic E-state index is 11.7. The van der Waals surface area contributed by atoms with Crippen LogP contribution < -0.4 is 5.32 Å². The molecule has 0 aliphatic carbocycles. The predicted molar refractivity (Wildman–Crippen MR) is 96.4 cm³/mol. The molecule has 0 bridgehead atoms. The van der Waals surface area contributed by atoms with Gasteiger partial charge in [0, 0.05) is 31.4 Å². The monoisotopic (exact) mass is 358 g/mol. The SMILES string of the molecule is CCCNC(=S)N(C)Cc1c(C)nn([C@H]2CCS(=O)(=O)C2)c1C. The fraction of sp³-hybridized carbons (Fsp3) is 0.733. The number of nitrogens with zero attached hydrogens (tertiary/aromatic N) is 3. The molecule has 1 aliphatic rings. The van der Waals surface area contributed by atoms with Gasteiger partial charge >= 0.3 is 0 Å². The Balaban J connectivity index is 2.13. The molecule has 1 atom stereocenters. The van der Waals surface area contributed by atoms with E-state index in [0.29, 0.717) is 13.0 Å². The van der Waals surface area contributed by atoms with Crippen molar-refractivity contribution in [3.05, 3.63) is 17.0 Å². The molecule has 1 aromatic rings. The molecule has 0 spiro atoms. The second-order valence-electron chi connectivity index (χ2n) is 6.24. The zero-order chi connectivity index (χ0) is 17.2. The van der Waals surface area contributed by atoms with Crippen LogP contribution in [0.4, 0.5) is 0 Å². The Morgan fingerprint density at radius 1 is 1.48 bits per heavy atom. The molecule has 130 valence electrons. The number of hydrogen-bond acceptors (Lipinski definition) is 4. The van der Waals surface area contributed by atoms with Gasteiger partial charge in [-0.25, -0.2) is 8.42 Å². The lowest BCUT2D eigenvalue weighted by atomic mass is 10.2. The first-order valence-corrected chi connectivity index (χ1v) is 10.2. The molecule has 6 nitrogen and oxygen atoms in total. The third-order valence-electron chi connectivity index (χ3n) is 4.30. The van der Waals surface area contributed by atoms with E-state index in [1.165, 1.54) is 0 Å². The molecule has 8 heteroatoms. The van der Waals surface area contributed by atoms with Gasteiger partial charge in [0.05, 0.1) is 23.2 Å². The molecular formula is C15H26N4O2S2. The van der Waals surface area contributed by atoms with Gasteiger partial charge in [0.25, 0.3) is 0 Å². The number of hydrogen-bond donors (Lipinski definition) is 1. The highest BCUT2D eigenvalue weighted by molar-refractivity contribution is 7.91. The van der Waals surface area contributed by atoms with E-state index >= 15 is 0 Å². The van der Waals surface area contributed by atoms with Crippen LogP contribution in [0.2, 0.25) is 0 Å². The van der Waals surface area contributed by atoms with Crippen LogP contribution >= 0.6 is 12.2 Å². The largest absolute Gasteiger partial charge is 0.363 e. The predicted octanol–water partition coefficient (Wildman–Crippen LogP) is 1.58. The lowest BCUT2D eigenvalue weighted by Crippen LogP contribution is -2.37. The smallest absolute Gasteiger partial charge is 0.168 e. The molecule has 0 aromatic carbocycles. The summed E-state index contributed by atoms with van der Waals surface area (Å²) in [6.07, 6.45) is 1.68. The summed E-state index contributed by atoms with van der Waals surface area (Å²) in [5, 5.41) is 8.53. The van der Waals surface area contributed by atoms with Gasteiger partial charge < -0.3 is 10.2 Å². The number of sulfone groups is 1. The fourth-order valence-corrected chi connectivity index (χ4v) is 4.78. The summed E-state index contributed by atoms with van der Waals surface area (Å²) in [7, 11) is -0.953. The fourth-order valence-electron chi connectivity index (χ4n) is 2.93. The molecule has 0 unspecified atom stereocenters. The van der Waals surface area contributed by atoms with Gasteiger partial charge in [-0.2, -0.15) is 5.10 Å². The second kappa shape index (κ2) is 7.17. The Morgan fingerprint density at radius 2 is 2.17 bits per heavy atom. The van der Waals surface area contributed by atoms with E-state index in [1.54, 1.807) is 0 Å². The number of rotatable bonds is 5. The Kier molecular flexibility index (Phi) is 5.67. The van der Waals surface area contributed by atoms with E-state index in [4.69, 9.17) is 12.2 Å². The molecule has 0 radical (unpaired) electrons. The van der Waals surface area contributed by atoms with Crippen molar-refractivity contribution in [3.63, 3.8) is 0 Å². The van der Waals surface area contributed by atoms with Crippen LogP contribution in [0, 0.1) is 13.8 Å². The van der Waals surface area contributed by atoms with Crippen molar-refractivity contribution in [2.45, 2.75) is 46.2 Å². The van der Waals surface area contributed by atoms with Crippen LogP contribution in [0.1, 0.15) is 42.8 Å². The average Bonchev–Trinajstić information content (AvgIpc) is 2.98. The highest BCUT2D eigenvalue weighted by atomic mass is 32.2. The summed E-state index contributed by atoms with van der Waals surface area (Å²) in [5.41, 5.74) is 3.10. The minimum Gasteiger partial charge on any atom is -0.363 e. The van der Waals surface area contributed by atoms with Crippen LogP contribution in [0.15, 0.2) is 0 Å². The van der Waals surface area contributed by atoms with Gasteiger partial charge in [-0.15, -0.1) is 0 Å². The van der Waals surface area contributed by atoms with Crippen molar-refractivity contribution in [2.24, 2.45) is 0 Å². The zero-order valence-electron chi connectivity index (χ0n) is 14.3. The third kappa shape index (κ3) is 4.23. The first kappa shape index (κ1) is 18.2. The number of aromatic nitrogens is 2. The van der Waals surface area contributed by atoms with E-state index < -0.39 is 9.84 Å². The second-order valence-corrected chi connectivity index (χ2v) is 8.85. The Hall–Kier alpha value is -1.15. The summed E-state index contributed by atoms with van der Waals surface area (Å²) < 4.78 is 25.3. The third-order valence-corrected chi connectivity index (χ3v) is 6.50. The molecule has 1 aromatic heterocycles. The molecule has 1 aliphatic heterocycles. The van der Waals surface area contributed by atoms with E-state index in [-0.39, 0.29) is 17.5 Å². The quantitative estimate of drug-likeness (QED) is 0.806. The highest BCUT2D eigenvalue weighted by Crippen LogP contribution is 2.27. The number of aryl methyl sites for hydroxylation is 1. The molecule has 0 amide bonds. The van der Waals surface area contributed by atoms with Crippen molar-refractivity contribution >= 4 is 27.2 Å². The molecular weight excluding hydrogens is 332 g/mol. The van der Waals surface area contributed by atoms with Crippen molar-refractivity contribution in [2.75, 3.05) is 25.1 Å². The van der Waals surface area contributed by atoms with Gasteiger partial charge in [-0.05, 0) is 38.9 Å². The van der Waals surface area contributed by atoms with Gasteiger partial charge in [-0.3, -0.25) is 4.68 Å². The number of nitrogens with one attached hydrogen (secondary N) is 1. The van der Waals surface area contributed by atoms with E-state index in [1.807, 2.05) is 30.5 Å². The van der Waals surface area contributed by atoms with E-state index in [9.17, 15) is 8.42 Å². The van der Waals surface area contributed by atoms with Crippen molar-refractivity contribution in [1.29, 1.82) is 0 Å². The van der Waals surface area contributed by atoms with Gasteiger partial charge in [0.2, 0.25) is 0 Å². The van der Waals surface area contributed by atoms with Crippen LogP contribution in [0.5, 0.6) is 0 Å². The van der Waals surface area contributed by atoms with E-state index in [0.717, 1.165) is 35.0 Å². The normalized spacial score (nSPS) is 19.7. The highest BCUT2D eigenvalue weighted by Gasteiger charge is 2.31. The molecule has 1 N–H and O–H groups in total. The average molecular weight is 359 g/mol. The van der Waals surface area contributed by atoms with Crippen LogP contribution in [-0.4, -0.2) is 53.3 Å². The maximum Gasteiger partial charge on any atom is 0.168 e. The maximum absolute atomic E-state index is 11.7. The Labute approximate surface area is 144 Å². The Morgan fingerprint density at radius 3 is 2.74 bits per heavy atom. The zero-order valence-corrected chi connectivity index (χ0v) is 15.9. The summed E-state index contributed by atoms with van der Waals surface area (Å²) in [5.74, 6) is 0.455. The first-order valence-electron chi connectivity index (χ1n) is 7.99. The topological polar surface area (TPSA) is 67.2 Å². The van der Waals surface area contributed by atoms with Crippen LogP contribution in [0.3, 0.4) is 0 Å². The van der Waals surface area contributed by atoms with Crippen molar-refractivity contribution in [1.82, 2.24) is 20.0 Å². The van der Waals surface area contributed by atoms with E-state index in [2.05, 4.69) is 17.3 Å². The summed E-state index contributed by atoms with van der Waals surface area (Å²) in [4.78, 5) is 2.00. The lowest BCUT2D eigenvalue weighted by Gasteiger charge is -2.21. The minimum absolute atomic E-state index is 0.0390. The van der Waals surface area contributed by atoms with Gasteiger partial charge in [0.15, 0.2) is 14.9 Å². The van der Waals surface area contributed by atoms with Crippen molar-refractivity contribution in [3.8, 4) is 0 Å². The molecule has 0 saturated carbocycles. The van der Waals surface area contributed by atoms with Crippen molar-refractivity contribution < 1.29 is 8.42 Å². The summed E-state index contributed by atoms with van der Waals surface area (Å²) in [6.45, 7) is 7.62. The standard InChI is InChI=1S/C15H26N4O2S2/c1-5-7-16-15(22)18(4)9-14-11(2)17-19(12(14)3)13-6-8-23(20,21)10-13/h13H,5-10H2,1-4H3,(H,16,22)/t13-/m0/s1. The minimum atomic E-state index is -2.91. The Bertz CT molecular complexity index is 682. The molecule has 1 saturated heterocycles.